The molecule has 0 spiro atoms. The van der Waals surface area contributed by atoms with Gasteiger partial charge in [0.05, 0.1) is 6.26 Å². The smallest absolute Gasteiger partial charge is 0.226 e. The van der Waals surface area contributed by atoms with Crippen molar-refractivity contribution in [1.29, 1.82) is 0 Å². The van der Waals surface area contributed by atoms with Gasteiger partial charge >= 0.3 is 0 Å². The minimum Gasteiger partial charge on any atom is -0.341 e. The third-order valence-electron chi connectivity index (χ3n) is 5.82. The van der Waals surface area contributed by atoms with E-state index >= 15 is 4.39 Å². The van der Waals surface area contributed by atoms with Crippen LogP contribution in [0.25, 0.3) is 11.1 Å². The van der Waals surface area contributed by atoms with Gasteiger partial charge in [-0.05, 0) is 42.4 Å². The topological polar surface area (TPSA) is 66.5 Å². The van der Waals surface area contributed by atoms with Crippen LogP contribution in [-0.4, -0.2) is 44.6 Å². The number of aryl methyl sites for hydroxylation is 1. The molecule has 4 rings (SSSR count). The van der Waals surface area contributed by atoms with Gasteiger partial charge in [-0.25, -0.2) is 17.5 Å². The molecule has 0 radical (unpaired) electrons. The Hall–Kier alpha value is -2.25. The Balaban J connectivity index is 1.53. The van der Waals surface area contributed by atoms with E-state index in [1.165, 1.54) is 0 Å². The molecule has 2 fully saturated rings. The van der Waals surface area contributed by atoms with Crippen LogP contribution in [0.2, 0.25) is 0 Å². The average Bonchev–Trinajstić information content (AvgIpc) is 3.34. The number of hydrogen-bond donors (Lipinski definition) is 1. The molecule has 1 aliphatic heterocycles. The lowest BCUT2D eigenvalue weighted by atomic mass is 9.93. The normalized spacial score (nSPS) is 24.0. The molecule has 1 saturated heterocycles. The van der Waals surface area contributed by atoms with Crippen LogP contribution in [0, 0.1) is 18.7 Å². The first-order valence-electron chi connectivity index (χ1n) is 9.85. The van der Waals surface area contributed by atoms with E-state index in [1.54, 1.807) is 17.9 Å². The summed E-state index contributed by atoms with van der Waals surface area (Å²) in [5, 5.41) is 0. The van der Waals surface area contributed by atoms with Crippen LogP contribution in [0.15, 0.2) is 42.5 Å². The van der Waals surface area contributed by atoms with Crippen molar-refractivity contribution in [1.82, 2.24) is 9.62 Å². The second kappa shape index (κ2) is 7.54. The second-order valence-electron chi connectivity index (χ2n) is 8.14. The Bertz CT molecular complexity index is 1040. The number of nitrogens with zero attached hydrogens (tertiary/aromatic N) is 1. The number of sulfonamides is 1. The summed E-state index contributed by atoms with van der Waals surface area (Å²) >= 11 is 0. The monoisotopic (exact) mass is 416 g/mol. The fourth-order valence-electron chi connectivity index (χ4n) is 4.31. The van der Waals surface area contributed by atoms with Gasteiger partial charge < -0.3 is 4.90 Å². The molecule has 5 nitrogen and oxygen atoms in total. The highest BCUT2D eigenvalue weighted by molar-refractivity contribution is 7.88. The molecule has 1 heterocycles. The summed E-state index contributed by atoms with van der Waals surface area (Å²) in [6.45, 7) is 2.69. The Morgan fingerprint density at radius 1 is 1.17 bits per heavy atom. The lowest BCUT2D eigenvalue weighted by Crippen LogP contribution is -2.38. The second-order valence-corrected chi connectivity index (χ2v) is 9.92. The zero-order chi connectivity index (χ0) is 20.8. The van der Waals surface area contributed by atoms with Crippen molar-refractivity contribution < 1.29 is 17.6 Å². The highest BCUT2D eigenvalue weighted by atomic mass is 32.2. The van der Waals surface area contributed by atoms with Gasteiger partial charge in [0.15, 0.2) is 0 Å². The molecule has 7 heteroatoms. The Morgan fingerprint density at radius 2 is 1.90 bits per heavy atom. The van der Waals surface area contributed by atoms with Crippen LogP contribution in [0.5, 0.6) is 0 Å². The van der Waals surface area contributed by atoms with Crippen LogP contribution in [0.1, 0.15) is 29.9 Å². The van der Waals surface area contributed by atoms with Crippen molar-refractivity contribution in [3.05, 3.63) is 59.4 Å². The van der Waals surface area contributed by atoms with Crippen LogP contribution in [0.3, 0.4) is 0 Å². The van der Waals surface area contributed by atoms with E-state index in [9.17, 15) is 13.2 Å². The molecular weight excluding hydrogens is 391 g/mol. The maximum atomic E-state index is 15.0. The molecule has 1 N–H and O–H groups in total. The number of carbonyl (C=O) groups is 1. The molecule has 2 aliphatic rings. The summed E-state index contributed by atoms with van der Waals surface area (Å²) in [5.41, 5.74) is 2.87. The van der Waals surface area contributed by atoms with E-state index in [1.807, 2.05) is 36.4 Å². The third-order valence-corrected chi connectivity index (χ3v) is 6.58. The Kier molecular flexibility index (Phi) is 5.21. The van der Waals surface area contributed by atoms with Gasteiger partial charge in [0, 0.05) is 30.6 Å². The zero-order valence-electron chi connectivity index (χ0n) is 16.6. The van der Waals surface area contributed by atoms with E-state index in [-0.39, 0.29) is 29.6 Å². The largest absolute Gasteiger partial charge is 0.341 e. The Labute approximate surface area is 171 Å². The van der Waals surface area contributed by atoms with Gasteiger partial charge in [0.25, 0.3) is 0 Å². The standard InChI is InChI=1S/C22H25FN2O3S/c1-14-8-9-17(20(21(14)23)15-6-4-3-5-7-15)18-12-19(18)22(26)25-11-10-16(13-25)24-29(2,27)28/h3-9,16,18-19,24H,10-13H2,1-2H3/t16-,18+,19-/m1/s1. The van der Waals surface area contributed by atoms with Gasteiger partial charge in [0.1, 0.15) is 5.82 Å². The van der Waals surface area contributed by atoms with E-state index < -0.39 is 10.0 Å². The summed E-state index contributed by atoms with van der Waals surface area (Å²) in [6.07, 6.45) is 2.44. The van der Waals surface area contributed by atoms with Crippen molar-refractivity contribution >= 4 is 15.9 Å². The van der Waals surface area contributed by atoms with E-state index in [2.05, 4.69) is 4.72 Å². The molecule has 29 heavy (non-hydrogen) atoms. The van der Waals surface area contributed by atoms with E-state index in [0.29, 0.717) is 37.1 Å². The number of rotatable bonds is 5. The van der Waals surface area contributed by atoms with E-state index in [4.69, 9.17) is 0 Å². The molecule has 2 aromatic carbocycles. The first kappa shape index (κ1) is 20.0. The number of benzene rings is 2. The summed E-state index contributed by atoms with van der Waals surface area (Å²) in [6, 6.07) is 12.9. The first-order valence-corrected chi connectivity index (χ1v) is 11.7. The molecule has 0 unspecified atom stereocenters. The molecule has 2 aromatic rings. The van der Waals surface area contributed by atoms with Gasteiger partial charge in [-0.2, -0.15) is 0 Å². The summed E-state index contributed by atoms with van der Waals surface area (Å²) in [4.78, 5) is 14.7. The minimum atomic E-state index is -3.29. The predicted octanol–water partition coefficient (Wildman–Crippen LogP) is 3.05. The van der Waals surface area contributed by atoms with Crippen molar-refractivity contribution in [2.45, 2.75) is 31.7 Å². The van der Waals surface area contributed by atoms with E-state index in [0.717, 1.165) is 17.4 Å². The highest BCUT2D eigenvalue weighted by Gasteiger charge is 2.48. The molecule has 3 atom stereocenters. The molecular formula is C22H25FN2O3S. The maximum Gasteiger partial charge on any atom is 0.226 e. The van der Waals surface area contributed by atoms with Crippen molar-refractivity contribution in [2.75, 3.05) is 19.3 Å². The molecule has 1 saturated carbocycles. The fraction of sp³-hybridized carbons (Fsp3) is 0.409. The van der Waals surface area contributed by atoms with Gasteiger partial charge in [-0.1, -0.05) is 42.5 Å². The van der Waals surface area contributed by atoms with Crippen LogP contribution in [0.4, 0.5) is 4.39 Å². The van der Waals surface area contributed by atoms with Crippen molar-refractivity contribution in [3.63, 3.8) is 0 Å². The van der Waals surface area contributed by atoms with Gasteiger partial charge in [-0.15, -0.1) is 0 Å². The summed E-state index contributed by atoms with van der Waals surface area (Å²) < 4.78 is 40.4. The number of nitrogens with one attached hydrogen (secondary N) is 1. The molecule has 0 aromatic heterocycles. The number of likely N-dealkylation sites (tertiary alicyclic amines) is 1. The number of halogens is 1. The fourth-order valence-corrected chi connectivity index (χ4v) is 5.11. The quantitative estimate of drug-likeness (QED) is 0.815. The average molecular weight is 417 g/mol. The number of amides is 1. The summed E-state index contributed by atoms with van der Waals surface area (Å²) in [5.74, 6) is -0.371. The molecule has 1 aliphatic carbocycles. The maximum absolute atomic E-state index is 15.0. The third kappa shape index (κ3) is 4.21. The first-order chi connectivity index (χ1) is 13.7. The van der Waals surface area contributed by atoms with Crippen molar-refractivity contribution in [3.8, 4) is 11.1 Å². The van der Waals surface area contributed by atoms with Crippen LogP contribution < -0.4 is 4.72 Å². The van der Waals surface area contributed by atoms with Gasteiger partial charge in [-0.3, -0.25) is 4.79 Å². The highest BCUT2D eigenvalue weighted by Crippen LogP contribution is 2.52. The molecule has 154 valence electrons. The number of carbonyl (C=O) groups excluding carboxylic acids is 1. The lowest BCUT2D eigenvalue weighted by Gasteiger charge is -2.18. The van der Waals surface area contributed by atoms with Gasteiger partial charge in [0.2, 0.25) is 15.9 Å². The lowest BCUT2D eigenvalue weighted by molar-refractivity contribution is -0.131. The minimum absolute atomic E-state index is 0.00489. The molecule has 0 bridgehead atoms. The predicted molar refractivity (Wildman–Crippen MR) is 110 cm³/mol. The zero-order valence-corrected chi connectivity index (χ0v) is 17.4. The van der Waals surface area contributed by atoms with Crippen LogP contribution in [-0.2, 0) is 14.8 Å². The summed E-state index contributed by atoms with van der Waals surface area (Å²) in [7, 11) is -3.29. The molecule has 1 amide bonds. The van der Waals surface area contributed by atoms with Crippen LogP contribution >= 0.6 is 0 Å². The Morgan fingerprint density at radius 3 is 2.59 bits per heavy atom. The SMILES string of the molecule is Cc1ccc([C@@H]2C[C@H]2C(=O)N2CC[C@@H](NS(C)(=O)=O)C2)c(-c2ccccc2)c1F. The van der Waals surface area contributed by atoms with Crippen molar-refractivity contribution in [2.24, 2.45) is 5.92 Å². The number of hydrogen-bond acceptors (Lipinski definition) is 3.